The van der Waals surface area contributed by atoms with Gasteiger partial charge in [0.25, 0.3) is 0 Å². The zero-order valence-corrected chi connectivity index (χ0v) is 16.1. The molecular weight excluding hydrogens is 405 g/mol. The number of hydrogen-bond donors (Lipinski definition) is 1. The van der Waals surface area contributed by atoms with Crippen molar-refractivity contribution in [3.63, 3.8) is 0 Å². The Labute approximate surface area is 162 Å². The number of nitrogens with zero attached hydrogens (tertiary/aromatic N) is 2. The van der Waals surface area contributed by atoms with E-state index >= 15 is 0 Å². The van der Waals surface area contributed by atoms with Gasteiger partial charge in [-0.15, -0.1) is 11.8 Å². The third kappa shape index (κ3) is 6.20. The Morgan fingerprint density at radius 1 is 1.44 bits per heavy atom. The van der Waals surface area contributed by atoms with Crippen molar-refractivity contribution >= 4 is 35.4 Å². The molecule has 1 atom stereocenters. The van der Waals surface area contributed by atoms with Crippen LogP contribution < -0.4 is 4.74 Å². The molecule has 3 rings (SSSR count). The molecule has 0 aliphatic carbocycles. The van der Waals surface area contributed by atoms with Crippen LogP contribution in [0, 0.1) is 0 Å². The number of carbonyl (C=O) groups excluding carboxylic acids is 1. The average molecular weight is 424 g/mol. The van der Waals surface area contributed by atoms with E-state index in [9.17, 15) is 18.0 Å². The van der Waals surface area contributed by atoms with Gasteiger partial charge in [0.2, 0.25) is 11.8 Å². The molecule has 2 aliphatic heterocycles. The number of carbonyl (C=O) groups is 2. The topological polar surface area (TPSA) is 79.7 Å². The van der Waals surface area contributed by atoms with Crippen LogP contribution in [0.5, 0.6) is 5.88 Å². The minimum atomic E-state index is -5.08. The summed E-state index contributed by atoms with van der Waals surface area (Å²) >= 11 is 3.53. The van der Waals surface area contributed by atoms with Crippen molar-refractivity contribution in [1.29, 1.82) is 0 Å². The molecule has 1 N–H and O–H groups in total. The van der Waals surface area contributed by atoms with Crippen LogP contribution in [0.4, 0.5) is 13.2 Å². The molecule has 27 heavy (non-hydrogen) atoms. The molecule has 1 amide bonds. The lowest BCUT2D eigenvalue weighted by Gasteiger charge is -2.47. The Morgan fingerprint density at radius 2 is 2.11 bits per heavy atom. The Kier molecular flexibility index (Phi) is 7.26. The van der Waals surface area contributed by atoms with Crippen molar-refractivity contribution in [2.75, 3.05) is 30.9 Å². The summed E-state index contributed by atoms with van der Waals surface area (Å²) in [7, 11) is 0. The SMILES string of the molecule is CSCC(=O)N1CC2(CC(Oc3ccccn3)CS2)C1.O=C(O)C(F)(F)F. The number of ether oxygens (including phenoxy) is 1. The summed E-state index contributed by atoms with van der Waals surface area (Å²) in [5.41, 5.74) is 0. The molecule has 0 saturated carbocycles. The highest BCUT2D eigenvalue weighted by Crippen LogP contribution is 2.46. The van der Waals surface area contributed by atoms with Crippen molar-refractivity contribution in [2.45, 2.75) is 23.4 Å². The fourth-order valence-corrected chi connectivity index (χ4v) is 4.68. The van der Waals surface area contributed by atoms with E-state index in [0.717, 1.165) is 25.3 Å². The van der Waals surface area contributed by atoms with Crippen LogP contribution >= 0.6 is 23.5 Å². The number of rotatable bonds is 4. The lowest BCUT2D eigenvalue weighted by molar-refractivity contribution is -0.192. The minimum Gasteiger partial charge on any atom is -0.475 e. The Hall–Kier alpha value is -1.62. The number of halogens is 3. The summed E-state index contributed by atoms with van der Waals surface area (Å²) in [6.07, 6.45) is -0.141. The first kappa shape index (κ1) is 21.7. The van der Waals surface area contributed by atoms with Gasteiger partial charge in [-0.05, 0) is 12.3 Å². The van der Waals surface area contributed by atoms with Gasteiger partial charge >= 0.3 is 12.1 Å². The zero-order valence-electron chi connectivity index (χ0n) is 14.4. The van der Waals surface area contributed by atoms with E-state index in [0.29, 0.717) is 11.6 Å². The Balaban J connectivity index is 0.000000321. The second-order valence-corrected chi connectivity index (χ2v) is 8.45. The predicted molar refractivity (Wildman–Crippen MR) is 97.1 cm³/mol. The molecule has 1 aromatic heterocycles. The van der Waals surface area contributed by atoms with Gasteiger partial charge in [0, 0.05) is 37.5 Å². The number of likely N-dealkylation sites (tertiary alicyclic amines) is 1. The van der Waals surface area contributed by atoms with Gasteiger partial charge in [-0.3, -0.25) is 4.79 Å². The highest BCUT2D eigenvalue weighted by atomic mass is 32.2. The summed E-state index contributed by atoms with van der Waals surface area (Å²) in [6.45, 7) is 1.75. The molecule has 2 fully saturated rings. The molecule has 3 heterocycles. The quantitative estimate of drug-likeness (QED) is 0.796. The smallest absolute Gasteiger partial charge is 0.475 e. The maximum atomic E-state index is 11.8. The van der Waals surface area contributed by atoms with Gasteiger partial charge in [-0.25, -0.2) is 9.78 Å². The summed E-state index contributed by atoms with van der Waals surface area (Å²) in [6, 6.07) is 5.72. The van der Waals surface area contributed by atoms with Crippen LogP contribution in [0.15, 0.2) is 24.4 Å². The first-order valence-electron chi connectivity index (χ1n) is 7.94. The highest BCUT2D eigenvalue weighted by Gasteiger charge is 2.51. The Morgan fingerprint density at radius 3 is 2.63 bits per heavy atom. The van der Waals surface area contributed by atoms with Gasteiger partial charge < -0.3 is 14.7 Å². The van der Waals surface area contributed by atoms with Crippen molar-refractivity contribution in [2.24, 2.45) is 0 Å². The molecule has 0 radical (unpaired) electrons. The lowest BCUT2D eigenvalue weighted by Crippen LogP contribution is -2.61. The second-order valence-electron chi connectivity index (χ2n) is 6.09. The van der Waals surface area contributed by atoms with Gasteiger partial charge in [0.1, 0.15) is 6.10 Å². The molecule has 0 aromatic carbocycles. The highest BCUT2D eigenvalue weighted by molar-refractivity contribution is 8.01. The summed E-state index contributed by atoms with van der Waals surface area (Å²) in [5, 5.41) is 7.12. The average Bonchev–Trinajstić information content (AvgIpc) is 2.98. The number of thioether (sulfide) groups is 2. The number of hydrogen-bond acceptors (Lipinski definition) is 6. The zero-order chi connectivity index (χ0) is 20.1. The normalized spacial score (nSPS) is 20.4. The first-order valence-corrected chi connectivity index (χ1v) is 10.3. The number of alkyl halides is 3. The maximum absolute atomic E-state index is 11.8. The fourth-order valence-electron chi connectivity index (χ4n) is 2.73. The predicted octanol–water partition coefficient (Wildman–Crippen LogP) is 2.54. The van der Waals surface area contributed by atoms with Crippen LogP contribution in [0.25, 0.3) is 0 Å². The molecule has 1 unspecified atom stereocenters. The summed E-state index contributed by atoms with van der Waals surface area (Å²) in [5.74, 6) is -0.217. The standard InChI is InChI=1S/C14H18N2O2S2.C2HF3O2/c1-19-8-13(17)16-9-14(10-16)6-11(7-20-14)18-12-4-2-3-5-15-12;3-2(4,5)1(6)7/h2-5,11H,6-10H2,1H3;(H,6,7). The monoisotopic (exact) mass is 424 g/mol. The van der Waals surface area contributed by atoms with E-state index in [1.54, 1.807) is 18.0 Å². The van der Waals surface area contributed by atoms with Crippen molar-refractivity contribution in [3.05, 3.63) is 24.4 Å². The van der Waals surface area contributed by atoms with Crippen LogP contribution in [0.2, 0.25) is 0 Å². The largest absolute Gasteiger partial charge is 0.490 e. The third-order valence-electron chi connectivity index (χ3n) is 3.92. The van der Waals surface area contributed by atoms with E-state index in [1.165, 1.54) is 0 Å². The molecular formula is C16H19F3N2O4S2. The molecule has 0 bridgehead atoms. The first-order chi connectivity index (χ1) is 12.6. The lowest BCUT2D eigenvalue weighted by atomic mass is 9.93. The van der Waals surface area contributed by atoms with E-state index < -0.39 is 12.1 Å². The van der Waals surface area contributed by atoms with Crippen molar-refractivity contribution < 1.29 is 32.6 Å². The summed E-state index contributed by atoms with van der Waals surface area (Å²) < 4.78 is 37.9. The number of aromatic nitrogens is 1. The molecule has 2 saturated heterocycles. The van der Waals surface area contributed by atoms with Crippen molar-refractivity contribution in [1.82, 2.24) is 9.88 Å². The van der Waals surface area contributed by atoms with Crippen LogP contribution in [0.3, 0.4) is 0 Å². The molecule has 150 valence electrons. The van der Waals surface area contributed by atoms with Gasteiger partial charge in [-0.2, -0.15) is 24.9 Å². The molecule has 1 aromatic rings. The maximum Gasteiger partial charge on any atom is 0.490 e. The van der Waals surface area contributed by atoms with Crippen LogP contribution in [0.1, 0.15) is 6.42 Å². The van der Waals surface area contributed by atoms with Gasteiger partial charge in [0.05, 0.1) is 10.5 Å². The number of pyridine rings is 1. The Bertz CT molecular complexity index is 655. The number of aliphatic carboxylic acids is 1. The summed E-state index contributed by atoms with van der Waals surface area (Å²) in [4.78, 5) is 26.9. The fraction of sp³-hybridized carbons (Fsp3) is 0.562. The second kappa shape index (κ2) is 9.05. The minimum absolute atomic E-state index is 0.215. The molecule has 1 spiro atoms. The van der Waals surface area contributed by atoms with Gasteiger partial charge in [0.15, 0.2) is 0 Å². The number of carboxylic acids is 1. The van der Waals surface area contributed by atoms with Crippen molar-refractivity contribution in [3.8, 4) is 5.88 Å². The van der Waals surface area contributed by atoms with E-state index in [4.69, 9.17) is 14.6 Å². The van der Waals surface area contributed by atoms with Gasteiger partial charge in [-0.1, -0.05) is 6.07 Å². The third-order valence-corrected chi connectivity index (χ3v) is 6.03. The van der Waals surface area contributed by atoms with Crippen LogP contribution in [-0.4, -0.2) is 74.7 Å². The van der Waals surface area contributed by atoms with E-state index in [1.807, 2.05) is 41.1 Å². The number of carboxylic acid groups (broad SMARTS) is 1. The molecule has 6 nitrogen and oxygen atoms in total. The van der Waals surface area contributed by atoms with Crippen LogP contribution in [-0.2, 0) is 9.59 Å². The molecule has 2 aliphatic rings. The number of amides is 1. The van der Waals surface area contributed by atoms with E-state index in [2.05, 4.69) is 4.98 Å². The van der Waals surface area contributed by atoms with E-state index in [-0.39, 0.29) is 16.8 Å². The molecule has 11 heteroatoms.